The Morgan fingerprint density at radius 3 is 2.71 bits per heavy atom. The van der Waals surface area contributed by atoms with Crippen molar-refractivity contribution in [3.05, 3.63) is 35.1 Å². The molecule has 0 bridgehead atoms. The normalized spacial score (nSPS) is 22.9. The Kier molecular flexibility index (Phi) is 4.51. The molecule has 1 amide bonds. The van der Waals surface area contributed by atoms with Crippen LogP contribution in [0.1, 0.15) is 29.3 Å². The van der Waals surface area contributed by atoms with Crippen LogP contribution in [0, 0.1) is 11.7 Å². The molecule has 1 aromatic rings. The molecule has 0 saturated carbocycles. The van der Waals surface area contributed by atoms with E-state index in [4.69, 9.17) is 0 Å². The van der Waals surface area contributed by atoms with Crippen molar-refractivity contribution in [3.63, 3.8) is 0 Å². The lowest BCUT2D eigenvalue weighted by Crippen LogP contribution is -2.48. The molecule has 1 aliphatic heterocycles. The Hall–Kier alpha value is -1.63. The van der Waals surface area contributed by atoms with Crippen molar-refractivity contribution in [3.8, 4) is 0 Å². The van der Waals surface area contributed by atoms with Gasteiger partial charge in [-0.15, -0.1) is 0 Å². The second kappa shape index (κ2) is 6.01. The van der Waals surface area contributed by atoms with Gasteiger partial charge >= 0.3 is 6.18 Å². The number of benzene rings is 1. The Labute approximate surface area is 119 Å². The average molecular weight is 304 g/mol. The van der Waals surface area contributed by atoms with Crippen LogP contribution >= 0.6 is 0 Å². The monoisotopic (exact) mass is 304 g/mol. The van der Waals surface area contributed by atoms with E-state index in [0.29, 0.717) is 25.6 Å². The Morgan fingerprint density at radius 1 is 1.38 bits per heavy atom. The van der Waals surface area contributed by atoms with Gasteiger partial charge in [0.25, 0.3) is 5.91 Å². The molecule has 1 fully saturated rings. The van der Waals surface area contributed by atoms with E-state index in [9.17, 15) is 22.4 Å². The third-order valence-corrected chi connectivity index (χ3v) is 3.65. The quantitative estimate of drug-likeness (QED) is 0.825. The molecule has 1 heterocycles. The number of alkyl halides is 3. The number of nitrogens with one attached hydrogen (secondary N) is 2. The summed E-state index contributed by atoms with van der Waals surface area (Å²) >= 11 is 0. The van der Waals surface area contributed by atoms with Gasteiger partial charge in [-0.25, -0.2) is 4.39 Å². The van der Waals surface area contributed by atoms with Gasteiger partial charge in [0.1, 0.15) is 5.82 Å². The van der Waals surface area contributed by atoms with Gasteiger partial charge in [0.15, 0.2) is 0 Å². The van der Waals surface area contributed by atoms with Gasteiger partial charge in [-0.1, -0.05) is 13.0 Å². The highest BCUT2D eigenvalue weighted by Gasteiger charge is 2.36. The van der Waals surface area contributed by atoms with Crippen LogP contribution in [0.4, 0.5) is 17.6 Å². The second-order valence-electron chi connectivity index (χ2n) is 5.21. The lowest BCUT2D eigenvalue weighted by Gasteiger charge is -2.30. The van der Waals surface area contributed by atoms with Crippen molar-refractivity contribution >= 4 is 5.91 Å². The number of rotatable bonds is 2. The average Bonchev–Trinajstić information content (AvgIpc) is 2.40. The molecule has 2 atom stereocenters. The lowest BCUT2D eigenvalue weighted by molar-refractivity contribution is -0.140. The zero-order valence-corrected chi connectivity index (χ0v) is 11.4. The first kappa shape index (κ1) is 15.8. The van der Waals surface area contributed by atoms with Crippen LogP contribution in [0.2, 0.25) is 0 Å². The van der Waals surface area contributed by atoms with Gasteiger partial charge in [-0.3, -0.25) is 4.79 Å². The standard InChI is InChI=1S/C14H16F4N2O/c1-8-7-19-6-5-11(8)20-13(21)9-3-2-4-10(12(9)15)14(16,17)18/h2-4,8,11,19H,5-7H2,1H3,(H,20,21). The number of halogens is 4. The van der Waals surface area contributed by atoms with Gasteiger partial charge in [0.05, 0.1) is 11.1 Å². The van der Waals surface area contributed by atoms with E-state index < -0.39 is 29.0 Å². The molecule has 0 spiro atoms. The van der Waals surface area contributed by atoms with E-state index in [0.717, 1.165) is 12.1 Å². The summed E-state index contributed by atoms with van der Waals surface area (Å²) in [4.78, 5) is 12.0. The topological polar surface area (TPSA) is 41.1 Å². The minimum Gasteiger partial charge on any atom is -0.349 e. The highest BCUT2D eigenvalue weighted by molar-refractivity contribution is 5.95. The van der Waals surface area contributed by atoms with Crippen LogP contribution < -0.4 is 10.6 Å². The Balaban J connectivity index is 2.20. The van der Waals surface area contributed by atoms with Crippen molar-refractivity contribution in [1.29, 1.82) is 0 Å². The molecule has 1 aliphatic rings. The van der Waals surface area contributed by atoms with Gasteiger partial charge < -0.3 is 10.6 Å². The molecule has 0 aromatic heterocycles. The third kappa shape index (κ3) is 3.53. The summed E-state index contributed by atoms with van der Waals surface area (Å²) in [5.74, 6) is -2.20. The molecule has 7 heteroatoms. The summed E-state index contributed by atoms with van der Waals surface area (Å²) in [6.07, 6.45) is -4.16. The summed E-state index contributed by atoms with van der Waals surface area (Å²) < 4.78 is 51.8. The number of piperidine rings is 1. The number of carbonyl (C=O) groups excluding carboxylic acids is 1. The van der Waals surface area contributed by atoms with E-state index in [1.54, 1.807) is 0 Å². The predicted octanol–water partition coefficient (Wildman–Crippen LogP) is 2.57. The van der Waals surface area contributed by atoms with Crippen molar-refractivity contribution in [2.75, 3.05) is 13.1 Å². The molecule has 21 heavy (non-hydrogen) atoms. The molecule has 2 N–H and O–H groups in total. The SMILES string of the molecule is CC1CNCCC1NC(=O)c1cccc(C(F)(F)F)c1F. The fourth-order valence-corrected chi connectivity index (χ4v) is 2.40. The zero-order valence-electron chi connectivity index (χ0n) is 11.4. The molecule has 2 rings (SSSR count). The van der Waals surface area contributed by atoms with Crippen LogP contribution in [0.15, 0.2) is 18.2 Å². The molecule has 1 saturated heterocycles. The third-order valence-electron chi connectivity index (χ3n) is 3.65. The van der Waals surface area contributed by atoms with Gasteiger partial charge in [0.2, 0.25) is 0 Å². The van der Waals surface area contributed by atoms with E-state index >= 15 is 0 Å². The minimum atomic E-state index is -4.82. The van der Waals surface area contributed by atoms with E-state index in [1.165, 1.54) is 0 Å². The molecule has 2 unspecified atom stereocenters. The highest BCUT2D eigenvalue weighted by atomic mass is 19.4. The summed E-state index contributed by atoms with van der Waals surface area (Å²) in [5.41, 5.74) is -2.00. The predicted molar refractivity (Wildman–Crippen MR) is 69.3 cm³/mol. The molecular formula is C14H16F4N2O. The first-order valence-corrected chi connectivity index (χ1v) is 6.68. The largest absolute Gasteiger partial charge is 0.419 e. The van der Waals surface area contributed by atoms with Crippen LogP contribution in [-0.4, -0.2) is 25.0 Å². The van der Waals surface area contributed by atoms with Crippen molar-refractivity contribution in [2.24, 2.45) is 5.92 Å². The first-order chi connectivity index (χ1) is 9.80. The Bertz CT molecular complexity index is 530. The Morgan fingerprint density at radius 2 is 2.10 bits per heavy atom. The molecule has 1 aromatic carbocycles. The van der Waals surface area contributed by atoms with E-state index in [2.05, 4.69) is 10.6 Å². The summed E-state index contributed by atoms with van der Waals surface area (Å²) in [5, 5.41) is 5.76. The maximum Gasteiger partial charge on any atom is 0.419 e. The van der Waals surface area contributed by atoms with Crippen LogP contribution in [0.3, 0.4) is 0 Å². The molecular weight excluding hydrogens is 288 g/mol. The zero-order chi connectivity index (χ0) is 15.6. The maximum atomic E-state index is 13.9. The molecule has 0 radical (unpaired) electrons. The van der Waals surface area contributed by atoms with Gasteiger partial charge in [-0.2, -0.15) is 13.2 Å². The number of hydrogen-bond donors (Lipinski definition) is 2. The van der Waals surface area contributed by atoms with Crippen LogP contribution in [0.25, 0.3) is 0 Å². The number of hydrogen-bond acceptors (Lipinski definition) is 2. The lowest BCUT2D eigenvalue weighted by atomic mass is 9.95. The first-order valence-electron chi connectivity index (χ1n) is 6.68. The maximum absolute atomic E-state index is 13.9. The molecule has 3 nitrogen and oxygen atoms in total. The van der Waals surface area contributed by atoms with Crippen molar-refractivity contribution in [1.82, 2.24) is 10.6 Å². The van der Waals surface area contributed by atoms with Crippen molar-refractivity contribution < 1.29 is 22.4 Å². The van der Waals surface area contributed by atoms with Crippen LogP contribution in [-0.2, 0) is 6.18 Å². The van der Waals surface area contributed by atoms with E-state index in [1.807, 2.05) is 6.92 Å². The number of amides is 1. The van der Waals surface area contributed by atoms with Crippen LogP contribution in [0.5, 0.6) is 0 Å². The molecule has 116 valence electrons. The fourth-order valence-electron chi connectivity index (χ4n) is 2.40. The second-order valence-corrected chi connectivity index (χ2v) is 5.21. The van der Waals surface area contributed by atoms with Crippen molar-refractivity contribution in [2.45, 2.75) is 25.6 Å². The number of carbonyl (C=O) groups is 1. The van der Waals surface area contributed by atoms with Gasteiger partial charge in [-0.05, 0) is 37.6 Å². The highest BCUT2D eigenvalue weighted by Crippen LogP contribution is 2.32. The fraction of sp³-hybridized carbons (Fsp3) is 0.500. The summed E-state index contributed by atoms with van der Waals surface area (Å²) in [7, 11) is 0. The summed E-state index contributed by atoms with van der Waals surface area (Å²) in [6.45, 7) is 3.33. The van der Waals surface area contributed by atoms with Gasteiger partial charge in [0, 0.05) is 6.04 Å². The van der Waals surface area contributed by atoms with E-state index in [-0.39, 0.29) is 12.0 Å². The smallest absolute Gasteiger partial charge is 0.349 e. The molecule has 0 aliphatic carbocycles. The summed E-state index contributed by atoms with van der Waals surface area (Å²) in [6, 6.07) is 2.55. The minimum absolute atomic E-state index is 0.136.